The average molecular weight is 596 g/mol. The summed E-state index contributed by atoms with van der Waals surface area (Å²) in [6.07, 6.45) is 4.21. The van der Waals surface area contributed by atoms with Crippen LogP contribution in [-0.2, 0) is 16.8 Å². The zero-order chi connectivity index (χ0) is 31.6. The first-order valence-electron chi connectivity index (χ1n) is 15.2. The number of nitrogens with zero attached hydrogens (tertiary/aromatic N) is 2. The highest BCUT2D eigenvalue weighted by molar-refractivity contribution is 6.05. The fourth-order valence-electron chi connectivity index (χ4n) is 6.68. The van der Waals surface area contributed by atoms with Crippen LogP contribution in [0, 0.1) is 0 Å². The van der Waals surface area contributed by atoms with Gasteiger partial charge in [-0.05, 0) is 103 Å². The first-order chi connectivity index (χ1) is 21.6. The van der Waals surface area contributed by atoms with E-state index in [2.05, 4.69) is 43.2 Å². The van der Waals surface area contributed by atoms with E-state index in [4.69, 9.17) is 4.74 Å². The van der Waals surface area contributed by atoms with E-state index in [1.54, 1.807) is 19.3 Å². The molecule has 0 saturated heterocycles. The highest BCUT2D eigenvalue weighted by Crippen LogP contribution is 2.51. The molecule has 226 valence electrons. The van der Waals surface area contributed by atoms with Gasteiger partial charge in [-0.2, -0.15) is 0 Å². The first-order valence-corrected chi connectivity index (χ1v) is 15.2. The van der Waals surface area contributed by atoms with E-state index in [9.17, 15) is 9.59 Å². The Morgan fingerprint density at radius 2 is 1.49 bits per heavy atom. The lowest BCUT2D eigenvalue weighted by atomic mass is 9.65. The van der Waals surface area contributed by atoms with Crippen LogP contribution in [0.1, 0.15) is 61.2 Å². The molecule has 6 heteroatoms. The summed E-state index contributed by atoms with van der Waals surface area (Å²) < 4.78 is 6.04. The number of aromatic nitrogens is 1. The summed E-state index contributed by atoms with van der Waals surface area (Å²) in [6, 6.07) is 35.6. The standard InChI is InChI=1S/C39H37N3O3/c1-27(43)42-36-19-16-33(41-37(44)31-12-10-30(11-13-31)29-8-6-5-7-9-29)24-35(36)39(4,26-38(42,2)3)32-14-17-34(18-15-32)45-25-28-20-22-40-23-21-28/h5-24H,25-26H2,1-4H3,(H,41,44). The summed E-state index contributed by atoms with van der Waals surface area (Å²) in [5.74, 6) is 0.573. The minimum Gasteiger partial charge on any atom is -0.489 e. The first kappa shape index (κ1) is 29.8. The van der Waals surface area contributed by atoms with Crippen molar-refractivity contribution in [2.45, 2.75) is 51.7 Å². The molecule has 1 aliphatic rings. The van der Waals surface area contributed by atoms with Gasteiger partial charge in [0.1, 0.15) is 12.4 Å². The summed E-state index contributed by atoms with van der Waals surface area (Å²) in [6.45, 7) is 8.50. The van der Waals surface area contributed by atoms with E-state index in [0.717, 1.165) is 39.3 Å². The second-order valence-electron chi connectivity index (χ2n) is 12.5. The topological polar surface area (TPSA) is 71.5 Å². The predicted molar refractivity (Wildman–Crippen MR) is 180 cm³/mol. The molecule has 0 aliphatic carbocycles. The molecule has 0 bridgehead atoms. The number of ether oxygens (including phenoxy) is 1. The molecule has 5 aromatic rings. The molecule has 1 unspecified atom stereocenters. The number of hydrogen-bond donors (Lipinski definition) is 1. The Morgan fingerprint density at radius 3 is 2.16 bits per heavy atom. The maximum absolute atomic E-state index is 13.3. The maximum atomic E-state index is 13.3. The van der Waals surface area contributed by atoms with E-state index in [-0.39, 0.29) is 11.8 Å². The molecule has 45 heavy (non-hydrogen) atoms. The third kappa shape index (κ3) is 6.09. The molecule has 1 aliphatic heterocycles. The largest absolute Gasteiger partial charge is 0.489 e. The molecule has 1 aromatic heterocycles. The normalized spacial score (nSPS) is 16.8. The van der Waals surface area contributed by atoms with Gasteiger partial charge in [0, 0.05) is 47.2 Å². The molecule has 6 nitrogen and oxygen atoms in total. The van der Waals surface area contributed by atoms with Crippen molar-refractivity contribution in [2.75, 3.05) is 10.2 Å². The van der Waals surface area contributed by atoms with Crippen LogP contribution in [-0.4, -0.2) is 22.3 Å². The van der Waals surface area contributed by atoms with E-state index in [0.29, 0.717) is 24.3 Å². The Labute approximate surface area is 264 Å². The van der Waals surface area contributed by atoms with Gasteiger partial charge in [-0.3, -0.25) is 14.6 Å². The van der Waals surface area contributed by atoms with Crippen LogP contribution < -0.4 is 15.0 Å². The second-order valence-corrected chi connectivity index (χ2v) is 12.5. The van der Waals surface area contributed by atoms with Gasteiger partial charge in [0.2, 0.25) is 5.91 Å². The van der Waals surface area contributed by atoms with Gasteiger partial charge in [0.05, 0.1) is 0 Å². The van der Waals surface area contributed by atoms with Crippen LogP contribution >= 0.6 is 0 Å². The Hall–Kier alpha value is -5.23. The van der Waals surface area contributed by atoms with E-state index < -0.39 is 11.0 Å². The highest BCUT2D eigenvalue weighted by atomic mass is 16.5. The Kier molecular flexibility index (Phi) is 7.98. The number of nitrogens with one attached hydrogen (secondary N) is 1. The molecule has 0 spiro atoms. The summed E-state index contributed by atoms with van der Waals surface area (Å²) in [5.41, 5.74) is 6.53. The summed E-state index contributed by atoms with van der Waals surface area (Å²) in [4.78, 5) is 32.3. The van der Waals surface area contributed by atoms with Crippen LogP contribution in [0.15, 0.2) is 122 Å². The number of carbonyl (C=O) groups excluding carboxylic acids is 2. The second kappa shape index (κ2) is 12.0. The van der Waals surface area contributed by atoms with Crippen molar-refractivity contribution in [3.63, 3.8) is 0 Å². The lowest BCUT2D eigenvalue weighted by Gasteiger charge is -2.51. The number of pyridine rings is 1. The average Bonchev–Trinajstić information content (AvgIpc) is 3.04. The molecule has 6 rings (SSSR count). The Bertz CT molecular complexity index is 1820. The molecule has 0 radical (unpaired) electrons. The number of carbonyl (C=O) groups is 2. The van der Waals surface area contributed by atoms with Crippen LogP contribution in [0.5, 0.6) is 5.75 Å². The maximum Gasteiger partial charge on any atom is 0.255 e. The monoisotopic (exact) mass is 595 g/mol. The zero-order valence-electron chi connectivity index (χ0n) is 26.1. The lowest BCUT2D eigenvalue weighted by molar-refractivity contribution is -0.117. The highest BCUT2D eigenvalue weighted by Gasteiger charge is 2.47. The molecule has 2 heterocycles. The fraction of sp³-hybridized carbons (Fsp3) is 0.205. The molecule has 1 atom stereocenters. The van der Waals surface area contributed by atoms with Crippen LogP contribution in [0.25, 0.3) is 11.1 Å². The zero-order valence-corrected chi connectivity index (χ0v) is 26.1. The van der Waals surface area contributed by atoms with E-state index in [1.807, 2.05) is 102 Å². The van der Waals surface area contributed by atoms with Gasteiger partial charge < -0.3 is 15.0 Å². The minimum atomic E-state index is -0.438. The van der Waals surface area contributed by atoms with Crippen molar-refractivity contribution in [3.05, 3.63) is 144 Å². The molecule has 0 saturated carbocycles. The summed E-state index contributed by atoms with van der Waals surface area (Å²) in [5, 5.41) is 3.10. The third-order valence-electron chi connectivity index (χ3n) is 8.70. The van der Waals surface area contributed by atoms with Gasteiger partial charge in [0.25, 0.3) is 5.91 Å². The van der Waals surface area contributed by atoms with Crippen molar-refractivity contribution in [3.8, 4) is 16.9 Å². The van der Waals surface area contributed by atoms with Crippen molar-refractivity contribution in [1.82, 2.24) is 4.98 Å². The summed E-state index contributed by atoms with van der Waals surface area (Å²) in [7, 11) is 0. The fourth-order valence-corrected chi connectivity index (χ4v) is 6.68. The number of rotatable bonds is 7. The van der Waals surface area contributed by atoms with Gasteiger partial charge in [0.15, 0.2) is 0 Å². The SMILES string of the molecule is CC(=O)N1c2ccc(NC(=O)c3ccc(-c4ccccc4)cc3)cc2C(C)(c2ccc(OCc3ccncc3)cc2)CC1(C)C. The smallest absolute Gasteiger partial charge is 0.255 e. The van der Waals surface area contributed by atoms with E-state index in [1.165, 1.54) is 0 Å². The molecule has 0 fully saturated rings. The van der Waals surface area contributed by atoms with Crippen molar-refractivity contribution in [1.29, 1.82) is 0 Å². The molecular weight excluding hydrogens is 558 g/mol. The number of fused-ring (bicyclic) bond motifs is 1. The van der Waals surface area contributed by atoms with E-state index >= 15 is 0 Å². The summed E-state index contributed by atoms with van der Waals surface area (Å²) >= 11 is 0. The number of benzene rings is 4. The van der Waals surface area contributed by atoms with Crippen LogP contribution in [0.3, 0.4) is 0 Å². The third-order valence-corrected chi connectivity index (χ3v) is 8.70. The number of hydrogen-bond acceptors (Lipinski definition) is 4. The van der Waals surface area contributed by atoms with Gasteiger partial charge in [-0.15, -0.1) is 0 Å². The van der Waals surface area contributed by atoms with Gasteiger partial charge >= 0.3 is 0 Å². The quantitative estimate of drug-likeness (QED) is 0.205. The van der Waals surface area contributed by atoms with Crippen molar-refractivity contribution in [2.24, 2.45) is 0 Å². The minimum absolute atomic E-state index is 0.0153. The number of anilines is 2. The van der Waals surface area contributed by atoms with Crippen molar-refractivity contribution >= 4 is 23.2 Å². The molecule has 2 amide bonds. The molecule has 1 N–H and O–H groups in total. The van der Waals surface area contributed by atoms with Gasteiger partial charge in [-0.1, -0.05) is 61.5 Å². The van der Waals surface area contributed by atoms with Gasteiger partial charge in [-0.25, -0.2) is 0 Å². The van der Waals surface area contributed by atoms with Crippen molar-refractivity contribution < 1.29 is 14.3 Å². The lowest BCUT2D eigenvalue weighted by Crippen LogP contribution is -2.55. The molecule has 4 aromatic carbocycles. The number of amides is 2. The molecular formula is C39H37N3O3. The van der Waals surface area contributed by atoms with Crippen LogP contribution in [0.4, 0.5) is 11.4 Å². The van der Waals surface area contributed by atoms with Crippen LogP contribution in [0.2, 0.25) is 0 Å². The predicted octanol–water partition coefficient (Wildman–Crippen LogP) is 8.42. The Balaban J connectivity index is 1.29. The Morgan fingerprint density at radius 1 is 0.822 bits per heavy atom.